The predicted octanol–water partition coefficient (Wildman–Crippen LogP) is 3.02. The largest absolute Gasteiger partial charge is 0.522 e. The Kier molecular flexibility index (Phi) is 8.46. The molecule has 2 nitrogen and oxygen atoms in total. The van der Waals surface area contributed by atoms with Crippen molar-refractivity contribution in [2.24, 2.45) is 0 Å². The van der Waals surface area contributed by atoms with Crippen molar-refractivity contribution in [3.63, 3.8) is 0 Å². The lowest BCUT2D eigenvalue weighted by atomic mass is 10.2. The maximum Gasteiger partial charge on any atom is 0.522 e. The molecule has 0 bridgehead atoms. The number of likely N-dealkylation sites (N-methyl/N-ethyl adjacent to an activating group) is 1. The van der Waals surface area contributed by atoms with Crippen LogP contribution in [0.4, 0.5) is 13.2 Å². The summed E-state index contributed by atoms with van der Waals surface area (Å²) in [6.07, 6.45) is -1.30. The molecular weight excluding hydrogens is 275 g/mol. The zero-order valence-corrected chi connectivity index (χ0v) is 10.4. The number of alkyl halides is 4. The first-order chi connectivity index (χ1) is 6.95. The topological polar surface area (TPSA) is 12.5 Å². The van der Waals surface area contributed by atoms with Gasteiger partial charge in [0.2, 0.25) is 0 Å². The van der Waals surface area contributed by atoms with Gasteiger partial charge in [-0.1, -0.05) is 22.4 Å². The van der Waals surface area contributed by atoms with E-state index in [1.807, 2.05) is 4.90 Å². The summed E-state index contributed by atoms with van der Waals surface area (Å²) in [5.74, 6) is 0. The van der Waals surface area contributed by atoms with Crippen LogP contribution in [0.25, 0.3) is 0 Å². The molecule has 0 N–H and O–H groups in total. The summed E-state index contributed by atoms with van der Waals surface area (Å²) in [4.78, 5) is 1.85. The second-order valence-electron chi connectivity index (χ2n) is 3.35. The first kappa shape index (κ1) is 15.2. The zero-order chi connectivity index (χ0) is 11.7. The molecule has 0 aliphatic rings. The van der Waals surface area contributed by atoms with Gasteiger partial charge in [-0.2, -0.15) is 0 Å². The second kappa shape index (κ2) is 8.35. The van der Waals surface area contributed by atoms with Gasteiger partial charge in [0.15, 0.2) is 0 Å². The van der Waals surface area contributed by atoms with Gasteiger partial charge in [-0.15, -0.1) is 13.2 Å². The minimum Gasteiger partial charge on any atom is -0.304 e. The fraction of sp³-hybridized carbons (Fsp3) is 1.00. The van der Waals surface area contributed by atoms with Gasteiger partial charge in [-0.05, 0) is 26.4 Å². The van der Waals surface area contributed by atoms with Crippen molar-refractivity contribution in [3.05, 3.63) is 0 Å². The molecule has 0 atom stereocenters. The quantitative estimate of drug-likeness (QED) is 0.503. The van der Waals surface area contributed by atoms with Gasteiger partial charge in [-0.3, -0.25) is 4.74 Å². The number of nitrogens with zero attached hydrogens (tertiary/aromatic N) is 1. The molecule has 0 aliphatic heterocycles. The fourth-order valence-corrected chi connectivity index (χ4v) is 1.48. The van der Waals surface area contributed by atoms with E-state index in [2.05, 4.69) is 20.7 Å². The van der Waals surface area contributed by atoms with Gasteiger partial charge in [-0.25, -0.2) is 0 Å². The van der Waals surface area contributed by atoms with Gasteiger partial charge in [0, 0.05) is 11.9 Å². The molecule has 92 valence electrons. The average Bonchev–Trinajstić information content (AvgIpc) is 2.10. The molecule has 0 saturated heterocycles. The number of hydrogen-bond acceptors (Lipinski definition) is 2. The van der Waals surface area contributed by atoms with Crippen LogP contribution in [-0.4, -0.2) is 43.3 Å². The molecule has 0 rings (SSSR count). The Morgan fingerprint density at radius 3 is 2.33 bits per heavy atom. The van der Waals surface area contributed by atoms with Crippen LogP contribution in [-0.2, 0) is 4.74 Å². The van der Waals surface area contributed by atoms with Crippen molar-refractivity contribution in [2.45, 2.75) is 25.6 Å². The van der Waals surface area contributed by atoms with Crippen molar-refractivity contribution >= 4 is 15.9 Å². The molecule has 0 aromatic heterocycles. The molecule has 0 aliphatic carbocycles. The maximum atomic E-state index is 11.6. The average molecular weight is 292 g/mol. The van der Waals surface area contributed by atoms with Crippen molar-refractivity contribution in [1.82, 2.24) is 4.90 Å². The summed E-state index contributed by atoms with van der Waals surface area (Å²) < 4.78 is 38.5. The van der Waals surface area contributed by atoms with Crippen LogP contribution in [0.3, 0.4) is 0 Å². The van der Waals surface area contributed by atoms with Crippen molar-refractivity contribution in [1.29, 1.82) is 0 Å². The number of rotatable bonds is 8. The zero-order valence-electron chi connectivity index (χ0n) is 8.82. The van der Waals surface area contributed by atoms with E-state index in [9.17, 15) is 13.2 Å². The van der Waals surface area contributed by atoms with Crippen LogP contribution in [0.5, 0.6) is 0 Å². The Labute approximate surface area is 96.9 Å². The van der Waals surface area contributed by atoms with Gasteiger partial charge < -0.3 is 4.90 Å². The third kappa shape index (κ3) is 12.1. The minimum atomic E-state index is -4.50. The molecule has 0 radical (unpaired) electrons. The SMILES string of the molecule is CN(CCCCCBr)CCOC(F)(F)F. The van der Waals surface area contributed by atoms with E-state index in [1.54, 1.807) is 7.05 Å². The Bertz CT molecular complexity index is 155. The van der Waals surface area contributed by atoms with E-state index in [1.165, 1.54) is 0 Å². The van der Waals surface area contributed by atoms with E-state index in [0.717, 1.165) is 31.1 Å². The third-order valence-corrected chi connectivity index (χ3v) is 2.47. The van der Waals surface area contributed by atoms with Crippen LogP contribution >= 0.6 is 15.9 Å². The lowest BCUT2D eigenvalue weighted by molar-refractivity contribution is -0.324. The van der Waals surface area contributed by atoms with Crippen LogP contribution in [0.15, 0.2) is 0 Å². The van der Waals surface area contributed by atoms with Crippen molar-refractivity contribution in [2.75, 3.05) is 32.1 Å². The Morgan fingerprint density at radius 2 is 1.80 bits per heavy atom. The predicted molar refractivity (Wildman–Crippen MR) is 57.1 cm³/mol. The highest BCUT2D eigenvalue weighted by Gasteiger charge is 2.28. The van der Waals surface area contributed by atoms with Crippen LogP contribution in [0, 0.1) is 0 Å². The highest BCUT2D eigenvalue weighted by Crippen LogP contribution is 2.15. The van der Waals surface area contributed by atoms with E-state index in [4.69, 9.17) is 0 Å². The number of hydrogen-bond donors (Lipinski definition) is 0. The number of unbranched alkanes of at least 4 members (excludes halogenated alkanes) is 2. The van der Waals surface area contributed by atoms with E-state index < -0.39 is 6.36 Å². The lowest BCUT2D eigenvalue weighted by Gasteiger charge is -2.16. The molecule has 0 aromatic carbocycles. The molecule has 6 heteroatoms. The summed E-state index contributed by atoms with van der Waals surface area (Å²) >= 11 is 3.32. The molecule has 0 amide bonds. The van der Waals surface area contributed by atoms with Crippen LogP contribution < -0.4 is 0 Å². The highest BCUT2D eigenvalue weighted by molar-refractivity contribution is 9.09. The first-order valence-corrected chi connectivity index (χ1v) is 6.03. The summed E-state index contributed by atoms with van der Waals surface area (Å²) in [7, 11) is 1.80. The number of ether oxygens (including phenoxy) is 1. The second-order valence-corrected chi connectivity index (χ2v) is 4.14. The normalized spacial score (nSPS) is 12.4. The van der Waals surface area contributed by atoms with Crippen LogP contribution in [0.1, 0.15) is 19.3 Å². The van der Waals surface area contributed by atoms with E-state index in [0.29, 0.717) is 6.54 Å². The smallest absolute Gasteiger partial charge is 0.304 e. The maximum absolute atomic E-state index is 11.6. The van der Waals surface area contributed by atoms with Gasteiger partial charge in [0.05, 0.1) is 6.61 Å². The molecular formula is C9H17BrF3NO. The van der Waals surface area contributed by atoms with Crippen molar-refractivity contribution < 1.29 is 17.9 Å². The molecule has 0 heterocycles. The highest BCUT2D eigenvalue weighted by atomic mass is 79.9. The first-order valence-electron chi connectivity index (χ1n) is 4.91. The standard InChI is InChI=1S/C9H17BrF3NO/c1-14(6-4-2-3-5-10)7-8-15-9(11,12)13/h2-8H2,1H3. The van der Waals surface area contributed by atoms with Crippen molar-refractivity contribution in [3.8, 4) is 0 Å². The number of halogens is 4. The van der Waals surface area contributed by atoms with Gasteiger partial charge >= 0.3 is 6.36 Å². The summed E-state index contributed by atoms with van der Waals surface area (Å²) in [6.45, 7) is 0.834. The summed E-state index contributed by atoms with van der Waals surface area (Å²) in [6, 6.07) is 0. The van der Waals surface area contributed by atoms with Gasteiger partial charge in [0.25, 0.3) is 0 Å². The minimum absolute atomic E-state index is 0.293. The Balaban J connectivity index is 3.29. The Hall–Kier alpha value is 0.190. The third-order valence-electron chi connectivity index (χ3n) is 1.91. The molecule has 15 heavy (non-hydrogen) atoms. The molecule has 0 spiro atoms. The van der Waals surface area contributed by atoms with Gasteiger partial charge in [0.1, 0.15) is 0 Å². The van der Waals surface area contributed by atoms with E-state index in [-0.39, 0.29) is 6.61 Å². The monoisotopic (exact) mass is 291 g/mol. The molecule has 0 saturated carbocycles. The van der Waals surface area contributed by atoms with E-state index >= 15 is 0 Å². The lowest BCUT2D eigenvalue weighted by Crippen LogP contribution is -2.27. The molecule has 0 fully saturated rings. The summed E-state index contributed by atoms with van der Waals surface area (Å²) in [5.41, 5.74) is 0. The summed E-state index contributed by atoms with van der Waals surface area (Å²) in [5, 5.41) is 0.980. The molecule has 0 aromatic rings. The molecule has 0 unspecified atom stereocenters. The van der Waals surface area contributed by atoms with Crippen LogP contribution in [0.2, 0.25) is 0 Å². The fourth-order valence-electron chi connectivity index (χ4n) is 1.08. The Morgan fingerprint density at radius 1 is 1.13 bits per heavy atom.